The monoisotopic (exact) mass is 325 g/mol. The van der Waals surface area contributed by atoms with Gasteiger partial charge in [0.1, 0.15) is 0 Å². The maximum Gasteiger partial charge on any atom is 0.327 e. The first-order valence-electron chi connectivity index (χ1n) is 5.90. The minimum atomic E-state index is -1.02. The number of rotatable bonds is 4. The van der Waals surface area contributed by atoms with Crippen LogP contribution >= 0.6 is 23.8 Å². The zero-order chi connectivity index (χ0) is 15.4. The molecule has 0 atom stereocenters. The van der Waals surface area contributed by atoms with Crippen LogP contribution in [0.15, 0.2) is 24.4 Å². The Balaban J connectivity index is 1.98. The van der Waals surface area contributed by atoms with E-state index in [1.54, 1.807) is 6.07 Å². The molecule has 2 rings (SSSR count). The number of thiocarbonyl (C=S) groups is 1. The van der Waals surface area contributed by atoms with Gasteiger partial charge in [-0.3, -0.25) is 4.79 Å². The Morgan fingerprint density at radius 1 is 1.48 bits per heavy atom. The summed E-state index contributed by atoms with van der Waals surface area (Å²) in [5, 5.41) is 23.2. The van der Waals surface area contributed by atoms with Crippen LogP contribution < -0.4 is 10.6 Å². The standard InChI is InChI=1S/C12H12ClN5O2S/c1-7-4-8(13)2-3-9(7)15-12(21)16-10-5-14-18(17-10)6-11(19)20/h2-5H,6H2,1H3,(H,19,20)(H2,15,16,17,21). The van der Waals surface area contributed by atoms with E-state index >= 15 is 0 Å². The molecule has 9 heteroatoms. The van der Waals surface area contributed by atoms with Crippen LogP contribution in [0.5, 0.6) is 0 Å². The van der Waals surface area contributed by atoms with Crippen LogP contribution in [0.25, 0.3) is 0 Å². The third kappa shape index (κ3) is 4.40. The Bertz CT molecular complexity index is 688. The van der Waals surface area contributed by atoms with E-state index < -0.39 is 5.97 Å². The number of hydrogen-bond donors (Lipinski definition) is 3. The highest BCUT2D eigenvalue weighted by Gasteiger charge is 2.07. The van der Waals surface area contributed by atoms with Crippen LogP contribution in [0.1, 0.15) is 5.56 Å². The van der Waals surface area contributed by atoms with E-state index in [0.29, 0.717) is 16.0 Å². The fraction of sp³-hybridized carbons (Fsp3) is 0.167. The Hall–Kier alpha value is -2.19. The Labute approximate surface area is 130 Å². The summed E-state index contributed by atoms with van der Waals surface area (Å²) in [5.74, 6) is -0.657. The van der Waals surface area contributed by atoms with Crippen LogP contribution in [0.2, 0.25) is 5.02 Å². The molecule has 0 radical (unpaired) electrons. The highest BCUT2D eigenvalue weighted by molar-refractivity contribution is 7.80. The first-order chi connectivity index (χ1) is 9.94. The summed E-state index contributed by atoms with van der Waals surface area (Å²) < 4.78 is 0. The third-order valence-corrected chi connectivity index (χ3v) is 2.93. The second kappa shape index (κ2) is 6.51. The Kier molecular flexibility index (Phi) is 4.71. The SMILES string of the molecule is Cc1cc(Cl)ccc1NC(=S)Nc1cnn(CC(=O)O)n1. The number of carbonyl (C=O) groups is 1. The van der Waals surface area contributed by atoms with Gasteiger partial charge >= 0.3 is 5.97 Å². The van der Waals surface area contributed by atoms with Crippen molar-refractivity contribution in [2.24, 2.45) is 0 Å². The molecule has 0 aliphatic rings. The molecule has 2 aromatic rings. The predicted octanol–water partition coefficient (Wildman–Crippen LogP) is 2.13. The summed E-state index contributed by atoms with van der Waals surface area (Å²) in [5.41, 5.74) is 1.76. The van der Waals surface area contributed by atoms with Crippen molar-refractivity contribution in [3.05, 3.63) is 35.0 Å². The number of carboxylic acid groups (broad SMARTS) is 1. The molecule has 110 valence electrons. The van der Waals surface area contributed by atoms with E-state index in [1.807, 2.05) is 19.1 Å². The van der Waals surface area contributed by atoms with E-state index in [4.69, 9.17) is 28.9 Å². The highest BCUT2D eigenvalue weighted by Crippen LogP contribution is 2.19. The van der Waals surface area contributed by atoms with Crippen molar-refractivity contribution in [1.29, 1.82) is 0 Å². The van der Waals surface area contributed by atoms with Crippen LogP contribution in [-0.4, -0.2) is 31.2 Å². The molecule has 1 aromatic carbocycles. The van der Waals surface area contributed by atoms with E-state index in [0.717, 1.165) is 16.0 Å². The molecule has 3 N–H and O–H groups in total. The number of aryl methyl sites for hydroxylation is 1. The smallest absolute Gasteiger partial charge is 0.327 e. The zero-order valence-corrected chi connectivity index (χ0v) is 12.6. The van der Waals surface area contributed by atoms with Gasteiger partial charge in [0.05, 0.1) is 6.20 Å². The molecule has 0 aliphatic carbocycles. The molecule has 1 heterocycles. The van der Waals surface area contributed by atoms with Crippen LogP contribution in [0, 0.1) is 6.92 Å². The Morgan fingerprint density at radius 2 is 2.24 bits per heavy atom. The number of aromatic nitrogens is 3. The number of halogens is 1. The van der Waals surface area contributed by atoms with Crippen molar-refractivity contribution in [2.45, 2.75) is 13.5 Å². The zero-order valence-electron chi connectivity index (χ0n) is 11.0. The number of nitrogens with zero attached hydrogens (tertiary/aromatic N) is 3. The predicted molar refractivity (Wildman–Crippen MR) is 83.7 cm³/mol. The van der Waals surface area contributed by atoms with Crippen LogP contribution in [0.4, 0.5) is 11.5 Å². The van der Waals surface area contributed by atoms with Crippen LogP contribution in [-0.2, 0) is 11.3 Å². The lowest BCUT2D eigenvalue weighted by Crippen LogP contribution is -2.20. The topological polar surface area (TPSA) is 92.1 Å². The molecule has 1 aromatic heterocycles. The minimum Gasteiger partial charge on any atom is -0.480 e. The van der Waals surface area contributed by atoms with E-state index in [2.05, 4.69) is 20.8 Å². The summed E-state index contributed by atoms with van der Waals surface area (Å²) in [6.07, 6.45) is 1.39. The van der Waals surface area contributed by atoms with Gasteiger partial charge in [-0.1, -0.05) is 11.6 Å². The first-order valence-corrected chi connectivity index (χ1v) is 6.69. The molecule has 0 saturated carbocycles. The quantitative estimate of drug-likeness (QED) is 0.742. The number of carboxylic acids is 1. The molecule has 0 spiro atoms. The van der Waals surface area contributed by atoms with Crippen molar-refractivity contribution in [1.82, 2.24) is 15.0 Å². The van der Waals surface area contributed by atoms with Crippen molar-refractivity contribution in [2.75, 3.05) is 10.6 Å². The number of nitrogens with one attached hydrogen (secondary N) is 2. The molecule has 21 heavy (non-hydrogen) atoms. The molecular formula is C12H12ClN5O2S. The summed E-state index contributed by atoms with van der Waals surface area (Å²) in [6.45, 7) is 1.60. The normalized spacial score (nSPS) is 10.2. The fourth-order valence-electron chi connectivity index (χ4n) is 1.59. The fourth-order valence-corrected chi connectivity index (χ4v) is 2.03. The van der Waals surface area contributed by atoms with Gasteiger partial charge in [-0.15, -0.1) is 5.10 Å². The van der Waals surface area contributed by atoms with E-state index in [-0.39, 0.29) is 6.54 Å². The molecule has 7 nitrogen and oxygen atoms in total. The molecule has 0 aliphatic heterocycles. The van der Waals surface area contributed by atoms with Gasteiger partial charge in [-0.05, 0) is 42.9 Å². The van der Waals surface area contributed by atoms with Crippen LogP contribution in [0.3, 0.4) is 0 Å². The van der Waals surface area contributed by atoms with Gasteiger partial charge in [0.2, 0.25) is 0 Å². The second-order valence-electron chi connectivity index (χ2n) is 4.19. The van der Waals surface area contributed by atoms with Gasteiger partial charge in [-0.25, -0.2) is 0 Å². The second-order valence-corrected chi connectivity index (χ2v) is 5.04. The number of hydrogen-bond acceptors (Lipinski definition) is 4. The Morgan fingerprint density at radius 3 is 2.90 bits per heavy atom. The number of anilines is 2. The molecule has 0 amide bonds. The van der Waals surface area contributed by atoms with Gasteiger partial charge < -0.3 is 15.7 Å². The molecule has 0 fully saturated rings. The summed E-state index contributed by atoms with van der Waals surface area (Å²) in [7, 11) is 0. The van der Waals surface area contributed by atoms with Gasteiger partial charge in [0.15, 0.2) is 17.5 Å². The van der Waals surface area contributed by atoms with E-state index in [9.17, 15) is 4.79 Å². The molecular weight excluding hydrogens is 314 g/mol. The van der Waals surface area contributed by atoms with Crippen molar-refractivity contribution < 1.29 is 9.90 Å². The van der Waals surface area contributed by atoms with Crippen molar-refractivity contribution in [3.63, 3.8) is 0 Å². The lowest BCUT2D eigenvalue weighted by atomic mass is 10.2. The molecule has 0 saturated heterocycles. The third-order valence-electron chi connectivity index (χ3n) is 2.49. The van der Waals surface area contributed by atoms with Gasteiger partial charge in [0, 0.05) is 10.7 Å². The maximum absolute atomic E-state index is 10.5. The largest absolute Gasteiger partial charge is 0.480 e. The van der Waals surface area contributed by atoms with E-state index in [1.165, 1.54) is 6.20 Å². The van der Waals surface area contributed by atoms with Crippen molar-refractivity contribution in [3.8, 4) is 0 Å². The van der Waals surface area contributed by atoms with Crippen molar-refractivity contribution >= 4 is 46.4 Å². The average molecular weight is 326 g/mol. The lowest BCUT2D eigenvalue weighted by molar-refractivity contribution is -0.138. The summed E-state index contributed by atoms with van der Waals surface area (Å²) in [6, 6.07) is 5.38. The molecule has 0 bridgehead atoms. The number of benzene rings is 1. The number of aliphatic carboxylic acids is 1. The average Bonchev–Trinajstić information content (AvgIpc) is 2.79. The first kappa shape index (κ1) is 15.2. The van der Waals surface area contributed by atoms with Gasteiger partial charge in [-0.2, -0.15) is 9.90 Å². The summed E-state index contributed by atoms with van der Waals surface area (Å²) >= 11 is 11.0. The lowest BCUT2D eigenvalue weighted by Gasteiger charge is -2.11. The maximum atomic E-state index is 10.5. The minimum absolute atomic E-state index is 0.307. The molecule has 0 unspecified atom stereocenters. The van der Waals surface area contributed by atoms with Gasteiger partial charge in [0.25, 0.3) is 0 Å². The highest BCUT2D eigenvalue weighted by atomic mass is 35.5. The summed E-state index contributed by atoms with van der Waals surface area (Å²) in [4.78, 5) is 11.6.